The molecule has 0 unspecified atom stereocenters. The van der Waals surface area contributed by atoms with Gasteiger partial charge in [-0.15, -0.1) is 0 Å². The Labute approximate surface area is 140 Å². The fraction of sp³-hybridized carbons (Fsp3) is 0.0588. The number of aromatic nitrogens is 4. The topological polar surface area (TPSA) is 60.7 Å². The first-order valence-electron chi connectivity index (χ1n) is 7.24. The van der Waals surface area contributed by atoms with Gasteiger partial charge in [-0.2, -0.15) is 13.8 Å². The zero-order chi connectivity index (χ0) is 16.5. The van der Waals surface area contributed by atoms with Gasteiger partial charge in [-0.25, -0.2) is 9.07 Å². The maximum absolute atomic E-state index is 13.0. The summed E-state index contributed by atoms with van der Waals surface area (Å²) in [7, 11) is 0. The van der Waals surface area contributed by atoms with Gasteiger partial charge >= 0.3 is 0 Å². The molecule has 118 valence electrons. The number of fused-ring (bicyclic) bond motifs is 1. The minimum absolute atomic E-state index is 0.197. The molecular formula is C17H11FN4OS. The zero-order valence-corrected chi connectivity index (χ0v) is 13.2. The van der Waals surface area contributed by atoms with Crippen molar-refractivity contribution in [3.05, 3.63) is 76.3 Å². The van der Waals surface area contributed by atoms with Gasteiger partial charge in [0.25, 0.3) is 5.56 Å². The maximum Gasteiger partial charge on any atom is 0.267 e. The van der Waals surface area contributed by atoms with Gasteiger partial charge in [-0.1, -0.05) is 6.07 Å². The molecule has 4 aromatic rings. The van der Waals surface area contributed by atoms with E-state index in [0.717, 1.165) is 33.9 Å². The SMILES string of the molecule is O=c1ccc(-c2ccc(F)cc2)nn1Cc1ccc2nsnc2c1. The Hall–Kier alpha value is -2.93. The van der Waals surface area contributed by atoms with E-state index in [0.29, 0.717) is 12.2 Å². The largest absolute Gasteiger partial charge is 0.268 e. The van der Waals surface area contributed by atoms with Crippen LogP contribution in [0, 0.1) is 5.82 Å². The molecule has 4 rings (SSSR count). The van der Waals surface area contributed by atoms with Crippen LogP contribution in [0.2, 0.25) is 0 Å². The second-order valence-electron chi connectivity index (χ2n) is 5.31. The minimum Gasteiger partial charge on any atom is -0.268 e. The highest BCUT2D eigenvalue weighted by Gasteiger charge is 2.06. The van der Waals surface area contributed by atoms with Crippen molar-refractivity contribution in [2.75, 3.05) is 0 Å². The number of halogens is 1. The van der Waals surface area contributed by atoms with Crippen LogP contribution in [0.5, 0.6) is 0 Å². The molecule has 0 bridgehead atoms. The fourth-order valence-electron chi connectivity index (χ4n) is 2.44. The Morgan fingerprint density at radius 3 is 2.58 bits per heavy atom. The molecule has 2 aromatic carbocycles. The molecule has 5 nitrogen and oxygen atoms in total. The van der Waals surface area contributed by atoms with Crippen LogP contribution in [0.15, 0.2) is 59.4 Å². The van der Waals surface area contributed by atoms with Gasteiger partial charge < -0.3 is 0 Å². The van der Waals surface area contributed by atoms with Crippen LogP contribution >= 0.6 is 11.7 Å². The minimum atomic E-state index is -0.308. The van der Waals surface area contributed by atoms with Crippen LogP contribution in [0.3, 0.4) is 0 Å². The lowest BCUT2D eigenvalue weighted by atomic mass is 10.1. The van der Waals surface area contributed by atoms with Gasteiger partial charge in [0.1, 0.15) is 16.9 Å². The summed E-state index contributed by atoms with van der Waals surface area (Å²) in [5.74, 6) is -0.308. The van der Waals surface area contributed by atoms with E-state index in [1.807, 2.05) is 18.2 Å². The Balaban J connectivity index is 1.70. The van der Waals surface area contributed by atoms with Crippen LogP contribution < -0.4 is 5.56 Å². The zero-order valence-electron chi connectivity index (χ0n) is 12.4. The Morgan fingerprint density at radius 2 is 1.75 bits per heavy atom. The van der Waals surface area contributed by atoms with Gasteiger partial charge in [0, 0.05) is 11.6 Å². The molecule has 0 aliphatic heterocycles. The first-order valence-corrected chi connectivity index (χ1v) is 7.97. The van der Waals surface area contributed by atoms with E-state index in [-0.39, 0.29) is 11.4 Å². The van der Waals surface area contributed by atoms with Crippen molar-refractivity contribution in [2.24, 2.45) is 0 Å². The maximum atomic E-state index is 13.0. The highest BCUT2D eigenvalue weighted by atomic mass is 32.1. The summed E-state index contributed by atoms with van der Waals surface area (Å²) in [6, 6.07) is 14.8. The molecule has 0 atom stereocenters. The first kappa shape index (κ1) is 14.6. The molecule has 24 heavy (non-hydrogen) atoms. The summed E-state index contributed by atoms with van der Waals surface area (Å²) < 4.78 is 22.8. The third-order valence-corrected chi connectivity index (χ3v) is 4.21. The van der Waals surface area contributed by atoms with E-state index in [1.165, 1.54) is 22.9 Å². The standard InChI is InChI=1S/C17H11FN4OS/c18-13-4-2-12(3-5-13)14-7-8-17(23)22(19-14)10-11-1-6-15-16(9-11)21-24-20-15/h1-9H,10H2. The molecule has 2 aromatic heterocycles. The smallest absolute Gasteiger partial charge is 0.267 e. The highest BCUT2D eigenvalue weighted by molar-refractivity contribution is 7.00. The van der Waals surface area contributed by atoms with E-state index in [4.69, 9.17) is 0 Å². The number of hydrogen-bond donors (Lipinski definition) is 0. The summed E-state index contributed by atoms with van der Waals surface area (Å²) in [4.78, 5) is 12.1. The molecule has 0 N–H and O–H groups in total. The molecule has 2 heterocycles. The molecule has 0 aliphatic rings. The second-order valence-corrected chi connectivity index (χ2v) is 5.84. The average Bonchev–Trinajstić information content (AvgIpc) is 3.05. The molecule has 0 radical (unpaired) electrons. The lowest BCUT2D eigenvalue weighted by molar-refractivity contribution is 0.627. The van der Waals surface area contributed by atoms with E-state index in [9.17, 15) is 9.18 Å². The van der Waals surface area contributed by atoms with Crippen LogP contribution in [-0.4, -0.2) is 18.5 Å². The molecule has 7 heteroatoms. The highest BCUT2D eigenvalue weighted by Crippen LogP contribution is 2.17. The van der Waals surface area contributed by atoms with Crippen LogP contribution in [0.25, 0.3) is 22.3 Å². The summed E-state index contributed by atoms with van der Waals surface area (Å²) in [6.45, 7) is 0.335. The lowest BCUT2D eigenvalue weighted by Crippen LogP contribution is -2.22. The average molecular weight is 338 g/mol. The first-order chi connectivity index (χ1) is 11.7. The van der Waals surface area contributed by atoms with Crippen molar-refractivity contribution in [2.45, 2.75) is 6.54 Å². The molecule has 0 saturated carbocycles. The van der Waals surface area contributed by atoms with E-state index in [2.05, 4.69) is 13.8 Å². The van der Waals surface area contributed by atoms with Crippen molar-refractivity contribution >= 4 is 22.8 Å². The van der Waals surface area contributed by atoms with Crippen molar-refractivity contribution in [3.63, 3.8) is 0 Å². The van der Waals surface area contributed by atoms with E-state index in [1.54, 1.807) is 18.2 Å². The number of hydrogen-bond acceptors (Lipinski definition) is 5. The molecule has 0 saturated heterocycles. The summed E-state index contributed by atoms with van der Waals surface area (Å²) in [5.41, 5.74) is 3.73. The van der Waals surface area contributed by atoms with Crippen molar-refractivity contribution in [1.29, 1.82) is 0 Å². The summed E-state index contributed by atoms with van der Waals surface area (Å²) >= 11 is 1.16. The number of benzene rings is 2. The predicted octanol–water partition coefficient (Wildman–Crippen LogP) is 3.10. The van der Waals surface area contributed by atoms with Crippen LogP contribution in [-0.2, 0) is 6.54 Å². The predicted molar refractivity (Wildman–Crippen MR) is 90.4 cm³/mol. The van der Waals surface area contributed by atoms with Crippen molar-refractivity contribution in [3.8, 4) is 11.3 Å². The van der Waals surface area contributed by atoms with E-state index < -0.39 is 0 Å². The monoisotopic (exact) mass is 338 g/mol. The van der Waals surface area contributed by atoms with Crippen LogP contribution in [0.1, 0.15) is 5.56 Å². The van der Waals surface area contributed by atoms with Gasteiger partial charge in [-0.05, 0) is 48.0 Å². The molecular weight excluding hydrogens is 327 g/mol. The summed E-state index contributed by atoms with van der Waals surface area (Å²) in [5, 5.41) is 4.38. The Bertz CT molecular complexity index is 1070. The fourth-order valence-corrected chi connectivity index (χ4v) is 2.95. The lowest BCUT2D eigenvalue weighted by Gasteiger charge is -2.07. The summed E-state index contributed by atoms with van der Waals surface area (Å²) in [6.07, 6.45) is 0. The van der Waals surface area contributed by atoms with Crippen molar-refractivity contribution < 1.29 is 4.39 Å². The van der Waals surface area contributed by atoms with E-state index >= 15 is 0 Å². The third kappa shape index (κ3) is 2.81. The quantitative estimate of drug-likeness (QED) is 0.576. The Kier molecular flexibility index (Phi) is 3.62. The molecule has 0 spiro atoms. The molecule has 0 fully saturated rings. The van der Waals surface area contributed by atoms with Gasteiger partial charge in [0.2, 0.25) is 0 Å². The molecule has 0 amide bonds. The number of nitrogens with zero attached hydrogens (tertiary/aromatic N) is 4. The van der Waals surface area contributed by atoms with Gasteiger partial charge in [-0.3, -0.25) is 4.79 Å². The Morgan fingerprint density at radius 1 is 0.958 bits per heavy atom. The normalized spacial score (nSPS) is 11.0. The molecule has 0 aliphatic carbocycles. The second kappa shape index (κ2) is 5.93. The third-order valence-electron chi connectivity index (χ3n) is 3.66. The van der Waals surface area contributed by atoms with Gasteiger partial charge in [0.05, 0.1) is 24.0 Å². The number of rotatable bonds is 3. The van der Waals surface area contributed by atoms with Crippen LogP contribution in [0.4, 0.5) is 4.39 Å². The van der Waals surface area contributed by atoms with Gasteiger partial charge in [0.15, 0.2) is 0 Å². The van der Waals surface area contributed by atoms with Crippen molar-refractivity contribution in [1.82, 2.24) is 18.5 Å².